The number of nitrogens with zero attached hydrogens (tertiary/aromatic N) is 8. The Balaban J connectivity index is 1.16. The summed E-state index contributed by atoms with van der Waals surface area (Å²) in [5.41, 5.74) is 15.7. The minimum atomic E-state index is -1.45. The number of hydrogen-bond donors (Lipinski definition) is 4. The summed E-state index contributed by atoms with van der Waals surface area (Å²) < 4.78 is 36.6. The van der Waals surface area contributed by atoms with E-state index in [0.29, 0.717) is 34.7 Å². The summed E-state index contributed by atoms with van der Waals surface area (Å²) in [6, 6.07) is 0. The van der Waals surface area contributed by atoms with Gasteiger partial charge in [-0.05, 0) is 18.0 Å². The van der Waals surface area contributed by atoms with Crippen LogP contribution >= 0.6 is 17.8 Å². The van der Waals surface area contributed by atoms with Crippen molar-refractivity contribution >= 4 is 51.8 Å². The smallest absolute Gasteiger partial charge is 0.168 e. The van der Waals surface area contributed by atoms with Gasteiger partial charge in [-0.25, -0.2) is 39.2 Å². The molecule has 2 saturated heterocycles. The number of alkyl halides is 1. The van der Waals surface area contributed by atoms with E-state index in [-0.39, 0.29) is 26.8 Å². The third-order valence-electron chi connectivity index (χ3n) is 7.33. The highest BCUT2D eigenvalue weighted by molar-refractivity contribution is 7.38. The van der Waals surface area contributed by atoms with Gasteiger partial charge in [0.15, 0.2) is 41.6 Å². The molecule has 6 heterocycles. The summed E-state index contributed by atoms with van der Waals surface area (Å²) in [5.74, 6) is -0.221. The Bertz CT molecular complexity index is 1630. The van der Waals surface area contributed by atoms with Crippen molar-refractivity contribution in [2.45, 2.75) is 43.0 Å². The van der Waals surface area contributed by atoms with Gasteiger partial charge in [-0.3, -0.25) is 14.4 Å². The van der Waals surface area contributed by atoms with Gasteiger partial charge in [0.05, 0.1) is 18.8 Å². The molecule has 6 rings (SSSR count). The van der Waals surface area contributed by atoms with Crippen LogP contribution in [0.1, 0.15) is 12.5 Å². The highest BCUT2D eigenvalue weighted by Gasteiger charge is 2.49. The molecule has 2 fully saturated rings. The number of rotatable bonds is 9. The molecule has 0 spiro atoms. The Labute approximate surface area is 241 Å². The fourth-order valence-corrected chi connectivity index (χ4v) is 7.00. The fraction of sp³-hybridized carbons (Fsp3) is 0.478. The van der Waals surface area contributed by atoms with Crippen LogP contribution in [0.2, 0.25) is 0 Å². The molecular formula is C23H27FN10O6P2. The fourth-order valence-electron chi connectivity index (χ4n) is 5.31. The zero-order chi connectivity index (χ0) is 29.4. The van der Waals surface area contributed by atoms with E-state index >= 15 is 4.39 Å². The lowest BCUT2D eigenvalue weighted by molar-refractivity contribution is -0.297. The Hall–Kier alpha value is -3.35. The van der Waals surface area contributed by atoms with Gasteiger partial charge in [0.25, 0.3) is 0 Å². The number of aromatic nitrogens is 8. The molecule has 10 atom stereocenters. The van der Waals surface area contributed by atoms with Gasteiger partial charge in [0, 0.05) is 5.92 Å². The largest absolute Gasteiger partial charge is 0.444 e. The summed E-state index contributed by atoms with van der Waals surface area (Å²) in [4.78, 5) is 29.3. The van der Waals surface area contributed by atoms with Crippen molar-refractivity contribution < 1.29 is 33.9 Å². The first-order valence-corrected chi connectivity index (χ1v) is 14.7. The van der Waals surface area contributed by atoms with E-state index in [9.17, 15) is 10.4 Å². The molecule has 0 amide bonds. The summed E-state index contributed by atoms with van der Waals surface area (Å²) in [7, 11) is 2.37. The molecule has 6 N–H and O–H groups in total. The lowest BCUT2D eigenvalue weighted by Gasteiger charge is -2.20. The number of halogens is 1. The predicted molar refractivity (Wildman–Crippen MR) is 151 cm³/mol. The Morgan fingerprint density at radius 2 is 1.57 bits per heavy atom. The molecule has 0 saturated carbocycles. The van der Waals surface area contributed by atoms with Crippen LogP contribution in [0, 0.1) is 17.7 Å². The van der Waals surface area contributed by atoms with Crippen LogP contribution in [0.5, 0.6) is 0 Å². The third-order valence-corrected chi connectivity index (χ3v) is 8.90. The summed E-state index contributed by atoms with van der Waals surface area (Å²) in [5, 5.41) is 20.5. The Kier molecular flexibility index (Phi) is 8.28. The first-order chi connectivity index (χ1) is 20.4. The summed E-state index contributed by atoms with van der Waals surface area (Å²) >= 11 is 0. The number of nitrogen functional groups attached to an aromatic ring is 2. The Morgan fingerprint density at radius 1 is 0.952 bits per heavy atom. The zero-order valence-corrected chi connectivity index (χ0v) is 23.9. The number of fused-ring (bicyclic) bond motifs is 2. The molecule has 10 unspecified atom stereocenters. The minimum Gasteiger partial charge on any atom is -0.444 e. The first-order valence-electron chi connectivity index (χ1n) is 12.7. The SMILES string of the molecule is Nc1ncnc2c1ncn2C1OC(CPCC2C(COC#CP)OC(n3cnc4c(N)ncnc43)C2F)C(OO)C1O. The lowest BCUT2D eigenvalue weighted by atomic mass is 10.0. The second kappa shape index (κ2) is 12.1. The molecular weight excluding hydrogens is 593 g/mol. The molecule has 4 aromatic rings. The zero-order valence-electron chi connectivity index (χ0n) is 21.8. The topological polar surface area (TPSA) is 217 Å². The maximum Gasteiger partial charge on any atom is 0.168 e. The van der Waals surface area contributed by atoms with Crippen molar-refractivity contribution in [2.24, 2.45) is 5.92 Å². The van der Waals surface area contributed by atoms with Gasteiger partial charge < -0.3 is 30.8 Å². The van der Waals surface area contributed by atoms with Gasteiger partial charge in [0.2, 0.25) is 0 Å². The number of aliphatic hydroxyl groups is 1. The van der Waals surface area contributed by atoms with Crippen LogP contribution in [0.15, 0.2) is 25.3 Å². The molecule has 222 valence electrons. The van der Waals surface area contributed by atoms with Crippen LogP contribution in [-0.4, -0.2) is 98.9 Å². The lowest BCUT2D eigenvalue weighted by Crippen LogP contribution is -2.35. The van der Waals surface area contributed by atoms with E-state index in [1.54, 1.807) is 0 Å². The predicted octanol–water partition coefficient (Wildman–Crippen LogP) is 0.287. The maximum atomic E-state index is 16.0. The van der Waals surface area contributed by atoms with Crippen molar-refractivity contribution in [2.75, 3.05) is 30.4 Å². The normalized spacial score (nSPS) is 29.5. The Morgan fingerprint density at radius 3 is 2.19 bits per heavy atom. The summed E-state index contributed by atoms with van der Waals surface area (Å²) in [6.45, 7) is 0.0407. The van der Waals surface area contributed by atoms with Crippen LogP contribution in [0.3, 0.4) is 0 Å². The van der Waals surface area contributed by atoms with Gasteiger partial charge in [0.1, 0.15) is 54.7 Å². The van der Waals surface area contributed by atoms with E-state index in [1.807, 2.05) is 0 Å². The van der Waals surface area contributed by atoms with Crippen LogP contribution in [0.4, 0.5) is 16.0 Å². The molecule has 0 aliphatic carbocycles. The van der Waals surface area contributed by atoms with Crippen molar-refractivity contribution in [3.05, 3.63) is 25.3 Å². The number of anilines is 2. The molecule has 16 nitrogen and oxygen atoms in total. The molecule has 0 aromatic carbocycles. The highest BCUT2D eigenvalue weighted by Crippen LogP contribution is 2.42. The second-order valence-electron chi connectivity index (χ2n) is 9.68. The van der Waals surface area contributed by atoms with Crippen LogP contribution < -0.4 is 11.5 Å². The van der Waals surface area contributed by atoms with E-state index in [0.717, 1.165) is 0 Å². The van der Waals surface area contributed by atoms with Gasteiger partial charge in [-0.2, -0.15) is 0 Å². The summed E-state index contributed by atoms with van der Waals surface area (Å²) in [6.07, 6.45) is 1.56. The number of hydrogen-bond acceptors (Lipinski definition) is 14. The molecule has 2 aliphatic heterocycles. The van der Waals surface area contributed by atoms with E-state index < -0.39 is 49.0 Å². The monoisotopic (exact) mass is 620 g/mol. The molecule has 2 aliphatic rings. The van der Waals surface area contributed by atoms with E-state index in [4.69, 9.17) is 25.7 Å². The highest BCUT2D eigenvalue weighted by atomic mass is 31.1. The molecule has 19 heteroatoms. The van der Waals surface area contributed by atoms with Crippen molar-refractivity contribution in [1.82, 2.24) is 39.0 Å². The van der Waals surface area contributed by atoms with E-state index in [2.05, 4.69) is 55.8 Å². The van der Waals surface area contributed by atoms with Gasteiger partial charge in [-0.15, -0.1) is 8.58 Å². The van der Waals surface area contributed by atoms with Crippen LogP contribution in [0.25, 0.3) is 22.3 Å². The van der Waals surface area contributed by atoms with Crippen LogP contribution in [-0.2, 0) is 19.1 Å². The van der Waals surface area contributed by atoms with Crippen molar-refractivity contribution in [3.8, 4) is 11.8 Å². The van der Waals surface area contributed by atoms with Crippen molar-refractivity contribution in [3.63, 3.8) is 0 Å². The molecule has 4 aromatic heterocycles. The van der Waals surface area contributed by atoms with Gasteiger partial charge in [-0.1, -0.05) is 9.24 Å². The van der Waals surface area contributed by atoms with Crippen molar-refractivity contribution in [1.29, 1.82) is 0 Å². The maximum absolute atomic E-state index is 16.0. The third kappa shape index (κ3) is 5.09. The standard InChI is InChI=1S/C23H27FN10O6P2/c24-13-10(11(3-37-1-2-41)38-22(13)33-8-31-14-18(25)27-6-29-20(14)33)4-42-5-12-17(40-36)16(35)23(39-12)34-9-32-15-19(26)28-7-30-21(15)34/h6-13,16-17,22-23,35-36,42H,3-5,41H2,(H2,25,27,29)(H2,26,28,30). The molecule has 0 radical (unpaired) electrons. The first kappa shape index (κ1) is 28.8. The number of imidazole rings is 2. The molecule has 42 heavy (non-hydrogen) atoms. The van der Waals surface area contributed by atoms with E-state index in [1.165, 1.54) is 34.4 Å². The quantitative estimate of drug-likeness (QED) is 0.0856. The number of ether oxygens (including phenoxy) is 3. The minimum absolute atomic E-state index is 0.0407. The number of aliphatic hydroxyl groups excluding tert-OH is 1. The average molecular weight is 620 g/mol. The average Bonchev–Trinajstić information content (AvgIpc) is 3.74. The number of nitrogens with two attached hydrogens (primary N) is 2. The van der Waals surface area contributed by atoms with Gasteiger partial charge >= 0.3 is 0 Å². The second-order valence-corrected chi connectivity index (χ2v) is 11.3. The molecule has 0 bridgehead atoms.